The third-order valence-corrected chi connectivity index (χ3v) is 4.39. The zero-order chi connectivity index (χ0) is 19.1. The molecule has 0 N–H and O–H groups in total. The fraction of sp³-hybridized carbons (Fsp3) is 0.526. The van der Waals surface area contributed by atoms with Crippen LogP contribution < -0.4 is 4.90 Å². The lowest BCUT2D eigenvalue weighted by atomic mass is 10.2. The minimum Gasteiger partial charge on any atom is -0.450 e. The molecule has 0 aliphatic carbocycles. The van der Waals surface area contributed by atoms with Crippen LogP contribution in [0.3, 0.4) is 0 Å². The van der Waals surface area contributed by atoms with Crippen molar-refractivity contribution in [3.05, 3.63) is 29.8 Å². The van der Waals surface area contributed by atoms with Gasteiger partial charge in [-0.2, -0.15) is 0 Å². The number of rotatable bonds is 5. The monoisotopic (exact) mass is 361 g/mol. The quantitative estimate of drug-likeness (QED) is 0.753. The van der Waals surface area contributed by atoms with E-state index in [1.165, 1.54) is 0 Å². The van der Waals surface area contributed by atoms with Crippen LogP contribution in [0, 0.1) is 6.92 Å². The van der Waals surface area contributed by atoms with E-state index in [0.717, 1.165) is 11.3 Å². The predicted molar refractivity (Wildman–Crippen MR) is 99.0 cm³/mol. The Labute approximate surface area is 154 Å². The van der Waals surface area contributed by atoms with Crippen molar-refractivity contribution in [1.82, 2.24) is 9.80 Å². The maximum absolute atomic E-state index is 12.6. The molecule has 1 aliphatic rings. The number of amides is 3. The van der Waals surface area contributed by atoms with E-state index < -0.39 is 0 Å². The molecule has 1 fully saturated rings. The summed E-state index contributed by atoms with van der Waals surface area (Å²) in [5.74, 6) is -0.416. The summed E-state index contributed by atoms with van der Waals surface area (Å²) in [6.45, 7) is 8.14. The van der Waals surface area contributed by atoms with Crippen LogP contribution in [0.1, 0.15) is 25.8 Å². The summed E-state index contributed by atoms with van der Waals surface area (Å²) >= 11 is 0. The van der Waals surface area contributed by atoms with Gasteiger partial charge in [-0.25, -0.2) is 4.79 Å². The molecule has 1 saturated heterocycles. The van der Waals surface area contributed by atoms with Crippen LogP contribution >= 0.6 is 0 Å². The Bertz CT molecular complexity index is 654. The van der Waals surface area contributed by atoms with Crippen LogP contribution in [-0.4, -0.2) is 67.0 Å². The van der Waals surface area contributed by atoms with Crippen molar-refractivity contribution in [3.8, 4) is 0 Å². The van der Waals surface area contributed by atoms with Crippen LogP contribution in [0.4, 0.5) is 10.5 Å². The smallest absolute Gasteiger partial charge is 0.409 e. The molecular weight excluding hydrogens is 334 g/mol. The Morgan fingerprint density at radius 1 is 1.08 bits per heavy atom. The molecule has 0 spiro atoms. The maximum Gasteiger partial charge on any atom is 0.409 e. The minimum atomic E-state index is -0.354. The molecule has 1 aromatic rings. The van der Waals surface area contributed by atoms with Gasteiger partial charge in [-0.1, -0.05) is 12.1 Å². The molecule has 0 unspecified atom stereocenters. The van der Waals surface area contributed by atoms with E-state index >= 15 is 0 Å². The molecule has 0 saturated carbocycles. The van der Waals surface area contributed by atoms with Crippen molar-refractivity contribution in [2.24, 2.45) is 0 Å². The zero-order valence-corrected chi connectivity index (χ0v) is 15.7. The highest BCUT2D eigenvalue weighted by molar-refractivity contribution is 6.05. The van der Waals surface area contributed by atoms with Gasteiger partial charge in [-0.05, 0) is 38.5 Å². The average Bonchev–Trinajstić information content (AvgIpc) is 2.62. The SMILES string of the molecule is CCOC(=O)N1CCN(C(=O)CC(=O)N(CC)c2cccc(C)c2)CC1. The summed E-state index contributed by atoms with van der Waals surface area (Å²) in [4.78, 5) is 41.6. The molecule has 7 heteroatoms. The first-order chi connectivity index (χ1) is 12.5. The molecule has 142 valence electrons. The van der Waals surface area contributed by atoms with Crippen molar-refractivity contribution < 1.29 is 19.1 Å². The molecule has 7 nitrogen and oxygen atoms in total. The van der Waals surface area contributed by atoms with Crippen LogP contribution in [-0.2, 0) is 14.3 Å². The number of ether oxygens (including phenoxy) is 1. The van der Waals surface area contributed by atoms with Gasteiger partial charge in [0, 0.05) is 38.4 Å². The van der Waals surface area contributed by atoms with Crippen molar-refractivity contribution in [1.29, 1.82) is 0 Å². The molecule has 0 atom stereocenters. The van der Waals surface area contributed by atoms with E-state index in [-0.39, 0.29) is 24.3 Å². The lowest BCUT2D eigenvalue weighted by Crippen LogP contribution is -2.51. The topological polar surface area (TPSA) is 70.2 Å². The Morgan fingerprint density at radius 2 is 1.73 bits per heavy atom. The fourth-order valence-electron chi connectivity index (χ4n) is 2.99. The van der Waals surface area contributed by atoms with E-state index in [1.807, 2.05) is 38.1 Å². The molecule has 0 radical (unpaired) electrons. The number of aryl methyl sites for hydroxylation is 1. The standard InChI is InChI=1S/C19H27N3O4/c1-4-22(16-8-6-7-15(3)13-16)18(24)14-17(23)20-9-11-21(12-10-20)19(25)26-5-2/h6-8,13H,4-5,9-12,14H2,1-3H3. The fourth-order valence-corrected chi connectivity index (χ4v) is 2.99. The second kappa shape index (κ2) is 9.22. The largest absolute Gasteiger partial charge is 0.450 e. The first-order valence-corrected chi connectivity index (χ1v) is 9.02. The van der Waals surface area contributed by atoms with Gasteiger partial charge in [0.25, 0.3) is 0 Å². The van der Waals surface area contributed by atoms with Gasteiger partial charge in [0.1, 0.15) is 6.42 Å². The summed E-state index contributed by atoms with van der Waals surface area (Å²) in [6.07, 6.45) is -0.520. The first-order valence-electron chi connectivity index (χ1n) is 9.02. The number of carbonyl (C=O) groups is 3. The average molecular weight is 361 g/mol. The molecule has 2 rings (SSSR count). The number of hydrogen-bond donors (Lipinski definition) is 0. The molecule has 0 aromatic heterocycles. The van der Waals surface area contributed by atoms with Crippen molar-refractivity contribution in [3.63, 3.8) is 0 Å². The first kappa shape index (κ1) is 19.8. The highest BCUT2D eigenvalue weighted by atomic mass is 16.6. The third kappa shape index (κ3) is 4.97. The van der Waals surface area contributed by atoms with E-state index in [1.54, 1.807) is 21.6 Å². The molecule has 3 amide bonds. The molecule has 1 aliphatic heterocycles. The van der Waals surface area contributed by atoms with Crippen LogP contribution in [0.25, 0.3) is 0 Å². The second-order valence-corrected chi connectivity index (χ2v) is 6.22. The number of anilines is 1. The van der Waals surface area contributed by atoms with Crippen molar-refractivity contribution in [2.75, 3.05) is 44.2 Å². The number of hydrogen-bond acceptors (Lipinski definition) is 4. The summed E-state index contributed by atoms with van der Waals surface area (Å²) in [6, 6.07) is 7.67. The van der Waals surface area contributed by atoms with Gasteiger partial charge in [0.2, 0.25) is 11.8 Å². The number of benzene rings is 1. The Kier molecular flexibility index (Phi) is 7.00. The highest BCUT2D eigenvalue weighted by Gasteiger charge is 2.27. The molecule has 0 bridgehead atoms. The Hall–Kier alpha value is -2.57. The molecular formula is C19H27N3O4. The lowest BCUT2D eigenvalue weighted by Gasteiger charge is -2.34. The molecule has 26 heavy (non-hydrogen) atoms. The lowest BCUT2D eigenvalue weighted by molar-refractivity contribution is -0.136. The van der Waals surface area contributed by atoms with Crippen molar-refractivity contribution in [2.45, 2.75) is 27.2 Å². The minimum absolute atomic E-state index is 0.165. The summed E-state index contributed by atoms with van der Waals surface area (Å²) in [5, 5.41) is 0. The van der Waals surface area contributed by atoms with Crippen LogP contribution in [0.5, 0.6) is 0 Å². The van der Waals surface area contributed by atoms with Crippen molar-refractivity contribution >= 4 is 23.6 Å². The number of carbonyl (C=O) groups excluding carboxylic acids is 3. The maximum atomic E-state index is 12.6. The summed E-state index contributed by atoms with van der Waals surface area (Å²) < 4.78 is 4.97. The molecule has 1 heterocycles. The normalized spacial score (nSPS) is 14.1. The van der Waals surface area contributed by atoms with E-state index in [2.05, 4.69) is 0 Å². The highest BCUT2D eigenvalue weighted by Crippen LogP contribution is 2.17. The summed E-state index contributed by atoms with van der Waals surface area (Å²) in [5.41, 5.74) is 1.87. The molecule has 1 aromatic carbocycles. The number of nitrogens with zero attached hydrogens (tertiary/aromatic N) is 3. The Balaban J connectivity index is 1.91. The summed E-state index contributed by atoms with van der Waals surface area (Å²) in [7, 11) is 0. The van der Waals surface area contributed by atoms with Gasteiger partial charge < -0.3 is 19.4 Å². The predicted octanol–water partition coefficient (Wildman–Crippen LogP) is 2.04. The van der Waals surface area contributed by atoms with Gasteiger partial charge in [0.05, 0.1) is 6.61 Å². The van der Waals surface area contributed by atoms with E-state index in [4.69, 9.17) is 4.74 Å². The zero-order valence-electron chi connectivity index (χ0n) is 15.7. The van der Waals surface area contributed by atoms with E-state index in [9.17, 15) is 14.4 Å². The number of piperazine rings is 1. The second-order valence-electron chi connectivity index (χ2n) is 6.22. The Morgan fingerprint density at radius 3 is 2.31 bits per heavy atom. The third-order valence-electron chi connectivity index (χ3n) is 4.39. The van der Waals surface area contributed by atoms with Gasteiger partial charge in [-0.15, -0.1) is 0 Å². The van der Waals surface area contributed by atoms with Crippen LogP contribution in [0.15, 0.2) is 24.3 Å². The van der Waals surface area contributed by atoms with Gasteiger partial charge >= 0.3 is 6.09 Å². The van der Waals surface area contributed by atoms with Gasteiger partial charge in [-0.3, -0.25) is 9.59 Å². The van der Waals surface area contributed by atoms with Crippen LogP contribution in [0.2, 0.25) is 0 Å². The van der Waals surface area contributed by atoms with E-state index in [0.29, 0.717) is 39.3 Å². The van der Waals surface area contributed by atoms with Gasteiger partial charge in [0.15, 0.2) is 0 Å².